The van der Waals surface area contributed by atoms with Crippen LogP contribution in [0, 0.1) is 0 Å². The summed E-state index contributed by atoms with van der Waals surface area (Å²) < 4.78 is 23.9. The zero-order valence-corrected chi connectivity index (χ0v) is 13.2. The van der Waals surface area contributed by atoms with Gasteiger partial charge in [-0.05, 0) is 19.8 Å². The van der Waals surface area contributed by atoms with E-state index in [-0.39, 0.29) is 23.9 Å². The first-order chi connectivity index (χ1) is 10.9. The normalized spacial score (nSPS) is 25.5. The van der Waals surface area contributed by atoms with E-state index in [1.807, 2.05) is 0 Å². The highest BCUT2D eigenvalue weighted by atomic mass is 31.2. The molecule has 1 saturated heterocycles. The van der Waals surface area contributed by atoms with Gasteiger partial charge in [0.05, 0.1) is 25.4 Å². The number of ether oxygens (including phenoxy) is 1. The molecule has 0 radical (unpaired) electrons. The van der Waals surface area contributed by atoms with Crippen molar-refractivity contribution in [3.63, 3.8) is 0 Å². The molecule has 3 N–H and O–H groups in total. The van der Waals surface area contributed by atoms with Crippen molar-refractivity contribution in [1.29, 1.82) is 0 Å². The Morgan fingerprint density at radius 2 is 2.35 bits per heavy atom. The van der Waals surface area contributed by atoms with Crippen molar-refractivity contribution >= 4 is 18.8 Å². The number of fused-ring (bicyclic) bond motifs is 1. The number of imidazole rings is 1. The summed E-state index contributed by atoms with van der Waals surface area (Å²) in [6, 6.07) is 0. The van der Waals surface area contributed by atoms with Gasteiger partial charge in [0, 0.05) is 0 Å². The molecule has 0 saturated carbocycles. The largest absolute Gasteiger partial charge is 0.381 e. The topological polar surface area (TPSA) is 140 Å². The minimum Gasteiger partial charge on any atom is -0.381 e. The maximum absolute atomic E-state index is 11.6. The Kier molecular flexibility index (Phi) is 4.35. The molecule has 1 fully saturated rings. The van der Waals surface area contributed by atoms with Crippen molar-refractivity contribution in [1.82, 2.24) is 19.5 Å². The van der Waals surface area contributed by atoms with Gasteiger partial charge < -0.3 is 24.2 Å². The molecule has 0 aliphatic carbocycles. The Labute approximate surface area is 130 Å². The molecule has 23 heavy (non-hydrogen) atoms. The maximum atomic E-state index is 11.6. The summed E-state index contributed by atoms with van der Waals surface area (Å²) in [5, 5.41) is 9.17. The SMILES string of the molecule is CC(O)P(=O)(O)OC[C@@H]1CC[C@H](n2cnc3c(=O)[nH]cnc32)O1. The molecule has 1 aliphatic heterocycles. The number of aliphatic hydroxyl groups excluding tert-OH is 1. The highest BCUT2D eigenvalue weighted by Crippen LogP contribution is 2.46. The van der Waals surface area contributed by atoms with Gasteiger partial charge in [-0.3, -0.25) is 13.9 Å². The summed E-state index contributed by atoms with van der Waals surface area (Å²) in [5.74, 6) is -1.45. The number of aromatic nitrogens is 4. The molecule has 0 spiro atoms. The molecule has 11 heteroatoms. The van der Waals surface area contributed by atoms with E-state index in [4.69, 9.17) is 14.4 Å². The summed E-state index contributed by atoms with van der Waals surface area (Å²) in [6.07, 6.45) is 3.23. The fraction of sp³-hybridized carbons (Fsp3) is 0.583. The predicted molar refractivity (Wildman–Crippen MR) is 78.8 cm³/mol. The lowest BCUT2D eigenvalue weighted by Gasteiger charge is -2.18. The minimum atomic E-state index is -4.04. The van der Waals surface area contributed by atoms with Gasteiger partial charge in [0.25, 0.3) is 5.56 Å². The van der Waals surface area contributed by atoms with Crippen LogP contribution >= 0.6 is 7.60 Å². The number of aliphatic hydroxyl groups is 1. The van der Waals surface area contributed by atoms with Crippen LogP contribution in [0.4, 0.5) is 0 Å². The highest BCUT2D eigenvalue weighted by Gasteiger charge is 2.32. The second-order valence-corrected chi connectivity index (χ2v) is 7.47. The molecule has 3 rings (SSSR count). The standard InChI is InChI=1S/C12H17N4O6P/c1-7(17)23(19,20)21-4-8-2-3-9(22-8)16-6-15-10-11(16)13-5-14-12(10)18/h5-9,17H,2-4H2,1H3,(H,19,20)(H,13,14,18)/t7?,8-,9+/m0/s1. The second-order valence-electron chi connectivity index (χ2n) is 5.34. The lowest BCUT2D eigenvalue weighted by Crippen LogP contribution is -2.18. The lowest BCUT2D eigenvalue weighted by atomic mass is 10.2. The van der Waals surface area contributed by atoms with Gasteiger partial charge in [-0.1, -0.05) is 0 Å². The van der Waals surface area contributed by atoms with E-state index >= 15 is 0 Å². The number of nitrogens with zero attached hydrogens (tertiary/aromatic N) is 3. The summed E-state index contributed by atoms with van der Waals surface area (Å²) in [6.45, 7) is 1.09. The van der Waals surface area contributed by atoms with E-state index in [9.17, 15) is 14.3 Å². The molecular weight excluding hydrogens is 327 g/mol. The third-order valence-electron chi connectivity index (χ3n) is 3.68. The van der Waals surface area contributed by atoms with Crippen LogP contribution in [0.1, 0.15) is 26.0 Å². The number of hydrogen-bond donors (Lipinski definition) is 3. The predicted octanol–water partition coefficient (Wildman–Crippen LogP) is 0.337. The van der Waals surface area contributed by atoms with Crippen molar-refractivity contribution in [3.05, 3.63) is 23.0 Å². The molecule has 3 heterocycles. The molecule has 0 bridgehead atoms. The quantitative estimate of drug-likeness (QED) is 0.660. The monoisotopic (exact) mass is 344 g/mol. The molecule has 0 aromatic carbocycles. The number of aromatic amines is 1. The van der Waals surface area contributed by atoms with Crippen molar-refractivity contribution < 1.29 is 23.8 Å². The Hall–Kier alpha value is -1.58. The molecule has 10 nitrogen and oxygen atoms in total. The van der Waals surface area contributed by atoms with E-state index in [0.29, 0.717) is 18.5 Å². The van der Waals surface area contributed by atoms with E-state index in [0.717, 1.165) is 0 Å². The number of rotatable bonds is 5. The minimum absolute atomic E-state index is 0.101. The molecule has 0 amide bonds. The van der Waals surface area contributed by atoms with Gasteiger partial charge in [-0.25, -0.2) is 9.97 Å². The van der Waals surface area contributed by atoms with Gasteiger partial charge in [-0.2, -0.15) is 0 Å². The van der Waals surface area contributed by atoms with Crippen molar-refractivity contribution in [2.24, 2.45) is 0 Å². The number of hydrogen-bond acceptors (Lipinski definition) is 7. The van der Waals surface area contributed by atoms with Crippen LogP contribution in [0.15, 0.2) is 17.4 Å². The van der Waals surface area contributed by atoms with Crippen LogP contribution < -0.4 is 5.56 Å². The summed E-state index contributed by atoms with van der Waals surface area (Å²) >= 11 is 0. The average molecular weight is 344 g/mol. The lowest BCUT2D eigenvalue weighted by molar-refractivity contribution is -0.0189. The van der Waals surface area contributed by atoms with Crippen LogP contribution in [0.3, 0.4) is 0 Å². The van der Waals surface area contributed by atoms with Crippen molar-refractivity contribution in [2.75, 3.05) is 6.61 Å². The first-order valence-electron chi connectivity index (χ1n) is 7.09. The molecule has 126 valence electrons. The zero-order chi connectivity index (χ0) is 16.6. The van der Waals surface area contributed by atoms with E-state index in [1.54, 1.807) is 4.57 Å². The second kappa shape index (κ2) is 6.14. The van der Waals surface area contributed by atoms with E-state index in [2.05, 4.69) is 15.0 Å². The summed E-state index contributed by atoms with van der Waals surface area (Å²) in [5.41, 5.74) is 0.312. The van der Waals surface area contributed by atoms with Crippen molar-refractivity contribution in [2.45, 2.75) is 37.9 Å². The fourth-order valence-electron chi connectivity index (χ4n) is 2.39. The Morgan fingerprint density at radius 1 is 1.57 bits per heavy atom. The molecular formula is C12H17N4O6P. The van der Waals surface area contributed by atoms with Gasteiger partial charge in [-0.15, -0.1) is 0 Å². The van der Waals surface area contributed by atoms with Crippen LogP contribution in [-0.4, -0.2) is 48.1 Å². The first kappa shape index (κ1) is 16.3. The van der Waals surface area contributed by atoms with Crippen LogP contribution in [0.5, 0.6) is 0 Å². The van der Waals surface area contributed by atoms with Crippen molar-refractivity contribution in [3.8, 4) is 0 Å². The highest BCUT2D eigenvalue weighted by molar-refractivity contribution is 7.53. The Bertz CT molecular complexity index is 802. The number of nitrogens with one attached hydrogen (secondary N) is 1. The Balaban J connectivity index is 1.69. The maximum Gasteiger partial charge on any atom is 0.356 e. The van der Waals surface area contributed by atoms with Crippen LogP contribution in [-0.2, 0) is 13.8 Å². The van der Waals surface area contributed by atoms with Crippen LogP contribution in [0.25, 0.3) is 11.2 Å². The third-order valence-corrected chi connectivity index (χ3v) is 5.14. The zero-order valence-electron chi connectivity index (χ0n) is 12.3. The smallest absolute Gasteiger partial charge is 0.356 e. The van der Waals surface area contributed by atoms with E-state index < -0.39 is 19.5 Å². The average Bonchev–Trinajstić information content (AvgIpc) is 3.12. The van der Waals surface area contributed by atoms with Crippen LogP contribution in [0.2, 0.25) is 0 Å². The molecule has 2 aromatic rings. The van der Waals surface area contributed by atoms with Gasteiger partial charge in [0.15, 0.2) is 17.0 Å². The van der Waals surface area contributed by atoms with Gasteiger partial charge in [0.1, 0.15) is 6.23 Å². The Morgan fingerprint density at radius 3 is 3.09 bits per heavy atom. The first-order valence-corrected chi connectivity index (χ1v) is 8.74. The molecule has 2 aromatic heterocycles. The molecule has 4 atom stereocenters. The third kappa shape index (κ3) is 3.22. The van der Waals surface area contributed by atoms with Gasteiger partial charge >= 0.3 is 7.60 Å². The van der Waals surface area contributed by atoms with E-state index in [1.165, 1.54) is 19.6 Å². The fourth-order valence-corrected chi connectivity index (χ4v) is 2.98. The summed E-state index contributed by atoms with van der Waals surface area (Å²) in [7, 11) is -4.04. The molecule has 2 unspecified atom stereocenters. The number of H-pyrrole nitrogens is 1. The summed E-state index contributed by atoms with van der Waals surface area (Å²) in [4.78, 5) is 31.6. The van der Waals surface area contributed by atoms with Gasteiger partial charge in [0.2, 0.25) is 0 Å². The molecule has 1 aliphatic rings.